The molecule has 1 atom stereocenters. The topological polar surface area (TPSA) is 51.8 Å². The van der Waals surface area contributed by atoms with Crippen molar-refractivity contribution >= 4 is 11.3 Å². The molecule has 0 saturated carbocycles. The van der Waals surface area contributed by atoms with E-state index in [0.717, 1.165) is 22.7 Å². The minimum Gasteiger partial charge on any atom is -0.330 e. The van der Waals surface area contributed by atoms with Gasteiger partial charge in [-0.25, -0.2) is 4.98 Å². The van der Waals surface area contributed by atoms with Crippen LogP contribution in [0.2, 0.25) is 0 Å². The first-order chi connectivity index (χ1) is 8.26. The summed E-state index contributed by atoms with van der Waals surface area (Å²) in [5.41, 5.74) is 7.98. The fourth-order valence-corrected chi connectivity index (χ4v) is 3.11. The molecule has 1 unspecified atom stereocenters. The van der Waals surface area contributed by atoms with Crippen LogP contribution in [0.25, 0.3) is 10.6 Å². The van der Waals surface area contributed by atoms with Crippen LogP contribution in [0.5, 0.6) is 0 Å². The van der Waals surface area contributed by atoms with Crippen molar-refractivity contribution < 1.29 is 0 Å². The summed E-state index contributed by atoms with van der Waals surface area (Å²) < 4.78 is 0. The third-order valence-electron chi connectivity index (χ3n) is 2.89. The summed E-state index contributed by atoms with van der Waals surface area (Å²) in [6, 6.07) is 3.98. The second-order valence-corrected chi connectivity index (χ2v) is 5.08. The Morgan fingerprint density at radius 2 is 2.29 bits per heavy atom. The fraction of sp³-hybridized carbons (Fsp3) is 0.385. The highest BCUT2D eigenvalue weighted by Gasteiger charge is 2.16. The van der Waals surface area contributed by atoms with Gasteiger partial charge >= 0.3 is 0 Å². The predicted molar refractivity (Wildman–Crippen MR) is 72.2 cm³/mol. The highest BCUT2D eigenvalue weighted by Crippen LogP contribution is 2.33. The second kappa shape index (κ2) is 5.38. The number of pyridine rings is 1. The lowest BCUT2D eigenvalue weighted by Crippen LogP contribution is -2.11. The van der Waals surface area contributed by atoms with Gasteiger partial charge in [-0.3, -0.25) is 4.98 Å². The summed E-state index contributed by atoms with van der Waals surface area (Å²) in [6.07, 6.45) is 4.69. The molecule has 2 rings (SSSR count). The normalized spacial score (nSPS) is 12.6. The maximum absolute atomic E-state index is 5.80. The Kier molecular flexibility index (Phi) is 3.86. The number of aryl methyl sites for hydroxylation is 1. The average Bonchev–Trinajstić information content (AvgIpc) is 2.75. The predicted octanol–water partition coefficient (Wildman–Crippen LogP) is 2.97. The Labute approximate surface area is 106 Å². The summed E-state index contributed by atoms with van der Waals surface area (Å²) in [7, 11) is 0. The Balaban J connectivity index is 2.37. The molecule has 0 bridgehead atoms. The lowest BCUT2D eigenvalue weighted by molar-refractivity contribution is 0.680. The van der Waals surface area contributed by atoms with Crippen LogP contribution in [0, 0.1) is 6.92 Å². The molecule has 2 aromatic rings. The van der Waals surface area contributed by atoms with Crippen molar-refractivity contribution in [2.75, 3.05) is 6.54 Å². The Bertz CT molecular complexity index is 475. The van der Waals surface area contributed by atoms with Crippen LogP contribution in [-0.2, 0) is 0 Å². The lowest BCUT2D eigenvalue weighted by Gasteiger charge is -2.09. The van der Waals surface area contributed by atoms with Gasteiger partial charge in [-0.05, 0) is 25.5 Å². The van der Waals surface area contributed by atoms with E-state index in [1.807, 2.05) is 18.3 Å². The molecule has 0 radical (unpaired) electrons. The van der Waals surface area contributed by atoms with Gasteiger partial charge in [0.2, 0.25) is 0 Å². The number of thiazole rings is 1. The van der Waals surface area contributed by atoms with Crippen molar-refractivity contribution in [1.82, 2.24) is 9.97 Å². The van der Waals surface area contributed by atoms with Crippen LogP contribution >= 0.6 is 11.3 Å². The Morgan fingerprint density at radius 1 is 1.47 bits per heavy atom. The van der Waals surface area contributed by atoms with E-state index in [1.54, 1.807) is 17.5 Å². The van der Waals surface area contributed by atoms with Crippen LogP contribution < -0.4 is 5.73 Å². The lowest BCUT2D eigenvalue weighted by atomic mass is 10.0. The molecule has 0 aliphatic heterocycles. The molecule has 17 heavy (non-hydrogen) atoms. The van der Waals surface area contributed by atoms with Crippen LogP contribution in [0.3, 0.4) is 0 Å². The van der Waals surface area contributed by atoms with Gasteiger partial charge in [0, 0.05) is 35.3 Å². The summed E-state index contributed by atoms with van der Waals surface area (Å²) in [4.78, 5) is 10.1. The maximum atomic E-state index is 5.80. The molecular formula is C13H17N3S. The molecule has 3 nitrogen and oxygen atoms in total. The van der Waals surface area contributed by atoms with Gasteiger partial charge in [0.25, 0.3) is 0 Å². The minimum absolute atomic E-state index is 0.429. The molecule has 0 aromatic carbocycles. The Hall–Kier alpha value is -1.26. The number of hydrogen-bond donors (Lipinski definition) is 1. The van der Waals surface area contributed by atoms with E-state index in [4.69, 9.17) is 5.73 Å². The molecule has 0 saturated heterocycles. The SMILES string of the molecule is CCC(CN)c1sc(-c2cccnc2)nc1C. The minimum atomic E-state index is 0.429. The van der Waals surface area contributed by atoms with E-state index in [9.17, 15) is 0 Å². The van der Waals surface area contributed by atoms with Crippen LogP contribution in [0.1, 0.15) is 29.8 Å². The van der Waals surface area contributed by atoms with Gasteiger partial charge in [0.1, 0.15) is 5.01 Å². The van der Waals surface area contributed by atoms with Crippen LogP contribution in [0.4, 0.5) is 0 Å². The first kappa shape index (κ1) is 12.2. The average molecular weight is 247 g/mol. The van der Waals surface area contributed by atoms with E-state index in [-0.39, 0.29) is 0 Å². The third kappa shape index (κ3) is 2.53. The van der Waals surface area contributed by atoms with Gasteiger partial charge in [-0.2, -0.15) is 0 Å². The van der Waals surface area contributed by atoms with Crippen molar-refractivity contribution in [2.45, 2.75) is 26.2 Å². The van der Waals surface area contributed by atoms with Gasteiger partial charge in [0.15, 0.2) is 0 Å². The molecule has 0 spiro atoms. The molecule has 2 N–H and O–H groups in total. The highest BCUT2D eigenvalue weighted by atomic mass is 32.1. The van der Waals surface area contributed by atoms with Crippen molar-refractivity contribution in [2.24, 2.45) is 5.73 Å². The number of nitrogens with two attached hydrogens (primary N) is 1. The van der Waals surface area contributed by atoms with Crippen molar-refractivity contribution in [3.8, 4) is 10.6 Å². The van der Waals surface area contributed by atoms with Crippen molar-refractivity contribution in [3.05, 3.63) is 35.1 Å². The van der Waals surface area contributed by atoms with E-state index in [2.05, 4.69) is 23.8 Å². The quantitative estimate of drug-likeness (QED) is 0.903. The molecule has 0 aliphatic rings. The largest absolute Gasteiger partial charge is 0.330 e. The molecule has 0 fully saturated rings. The number of hydrogen-bond acceptors (Lipinski definition) is 4. The van der Waals surface area contributed by atoms with E-state index < -0.39 is 0 Å². The third-order valence-corrected chi connectivity index (χ3v) is 4.26. The zero-order valence-corrected chi connectivity index (χ0v) is 11.0. The first-order valence-corrected chi connectivity index (χ1v) is 6.65. The molecular weight excluding hydrogens is 230 g/mol. The van der Waals surface area contributed by atoms with Crippen LogP contribution in [-0.4, -0.2) is 16.5 Å². The fourth-order valence-electron chi connectivity index (χ4n) is 1.86. The summed E-state index contributed by atoms with van der Waals surface area (Å²) in [5.74, 6) is 0.429. The van der Waals surface area contributed by atoms with Gasteiger partial charge < -0.3 is 5.73 Å². The number of nitrogens with zero attached hydrogens (tertiary/aromatic N) is 2. The molecule has 0 amide bonds. The molecule has 4 heteroatoms. The smallest absolute Gasteiger partial charge is 0.125 e. The Morgan fingerprint density at radius 3 is 2.88 bits per heavy atom. The van der Waals surface area contributed by atoms with E-state index in [1.165, 1.54) is 4.88 Å². The summed E-state index contributed by atoms with van der Waals surface area (Å²) in [5, 5.41) is 1.04. The summed E-state index contributed by atoms with van der Waals surface area (Å²) >= 11 is 1.74. The first-order valence-electron chi connectivity index (χ1n) is 5.84. The molecule has 0 aliphatic carbocycles. The van der Waals surface area contributed by atoms with Crippen molar-refractivity contribution in [1.29, 1.82) is 0 Å². The van der Waals surface area contributed by atoms with Crippen LogP contribution in [0.15, 0.2) is 24.5 Å². The summed E-state index contributed by atoms with van der Waals surface area (Å²) in [6.45, 7) is 4.91. The standard InChI is InChI=1S/C13H17N3S/c1-3-10(7-14)12-9(2)16-13(17-12)11-5-4-6-15-8-11/h4-6,8,10H,3,7,14H2,1-2H3. The maximum Gasteiger partial charge on any atom is 0.125 e. The van der Waals surface area contributed by atoms with E-state index in [0.29, 0.717) is 12.5 Å². The highest BCUT2D eigenvalue weighted by molar-refractivity contribution is 7.15. The van der Waals surface area contributed by atoms with Crippen molar-refractivity contribution in [3.63, 3.8) is 0 Å². The molecule has 90 valence electrons. The number of rotatable bonds is 4. The zero-order chi connectivity index (χ0) is 12.3. The molecule has 2 heterocycles. The van der Waals surface area contributed by atoms with Gasteiger partial charge in [0.05, 0.1) is 5.69 Å². The number of aromatic nitrogens is 2. The van der Waals surface area contributed by atoms with Gasteiger partial charge in [-0.1, -0.05) is 6.92 Å². The van der Waals surface area contributed by atoms with E-state index >= 15 is 0 Å². The van der Waals surface area contributed by atoms with Gasteiger partial charge in [-0.15, -0.1) is 11.3 Å². The molecule has 2 aromatic heterocycles. The monoisotopic (exact) mass is 247 g/mol. The zero-order valence-electron chi connectivity index (χ0n) is 10.2. The second-order valence-electron chi connectivity index (χ2n) is 4.05.